The molecule has 0 atom stereocenters. The van der Waals surface area contributed by atoms with E-state index in [1.807, 2.05) is 6.92 Å². The van der Waals surface area contributed by atoms with E-state index in [2.05, 4.69) is 5.32 Å². The molecule has 0 fully saturated rings. The van der Waals surface area contributed by atoms with Crippen molar-refractivity contribution in [3.8, 4) is 0 Å². The van der Waals surface area contributed by atoms with Crippen LogP contribution in [-0.2, 0) is 4.79 Å². The molecule has 4 nitrogen and oxygen atoms in total. The van der Waals surface area contributed by atoms with Crippen molar-refractivity contribution in [1.29, 1.82) is 0 Å². The number of rotatable bonds is 5. The monoisotopic (exact) mass is 338 g/mol. The first kappa shape index (κ1) is 16.5. The van der Waals surface area contributed by atoms with Gasteiger partial charge in [0, 0.05) is 9.77 Å². The number of aryl methyl sites for hydroxylation is 1. The molecule has 3 N–H and O–H groups in total. The number of primary amides is 1. The lowest BCUT2D eigenvalue weighted by molar-refractivity contribution is -0.113. The highest BCUT2D eigenvalue weighted by Crippen LogP contribution is 2.32. The molecule has 1 heterocycles. The van der Waals surface area contributed by atoms with Gasteiger partial charge in [-0.2, -0.15) is 0 Å². The Kier molecular flexibility index (Phi) is 5.20. The van der Waals surface area contributed by atoms with E-state index in [1.165, 1.54) is 35.2 Å². The average molecular weight is 338 g/mol. The van der Waals surface area contributed by atoms with Crippen LogP contribution in [0.2, 0.25) is 0 Å². The molecule has 1 aromatic carbocycles. The van der Waals surface area contributed by atoms with Gasteiger partial charge in [0.05, 0.1) is 11.3 Å². The number of carbonyl (C=O) groups excluding carboxylic acids is 2. The molecule has 0 aliphatic carbocycles. The third kappa shape index (κ3) is 3.86. The molecule has 116 valence electrons. The Bertz CT molecular complexity index is 711. The van der Waals surface area contributed by atoms with Crippen molar-refractivity contribution in [2.75, 3.05) is 11.1 Å². The fraction of sp³-hybridized carbons (Fsp3) is 0.200. The Morgan fingerprint density at radius 3 is 2.50 bits per heavy atom. The molecule has 0 radical (unpaired) electrons. The first-order valence-electron chi connectivity index (χ1n) is 6.46. The van der Waals surface area contributed by atoms with Gasteiger partial charge in [0.25, 0.3) is 5.91 Å². The molecule has 0 saturated carbocycles. The van der Waals surface area contributed by atoms with Crippen LogP contribution in [0.4, 0.5) is 9.39 Å². The topological polar surface area (TPSA) is 72.2 Å². The maximum absolute atomic E-state index is 12.8. The molecule has 2 rings (SSSR count). The second kappa shape index (κ2) is 6.93. The zero-order valence-electron chi connectivity index (χ0n) is 12.1. The number of nitrogens with one attached hydrogen (secondary N) is 1. The van der Waals surface area contributed by atoms with Gasteiger partial charge < -0.3 is 11.1 Å². The number of halogens is 1. The summed E-state index contributed by atoms with van der Waals surface area (Å²) in [7, 11) is 0. The van der Waals surface area contributed by atoms with E-state index in [1.54, 1.807) is 19.1 Å². The lowest BCUT2D eigenvalue weighted by Gasteiger charge is -2.05. The minimum atomic E-state index is -0.552. The van der Waals surface area contributed by atoms with E-state index in [0.717, 1.165) is 15.3 Å². The number of carbonyl (C=O) groups is 2. The molecule has 0 saturated heterocycles. The van der Waals surface area contributed by atoms with Crippen LogP contribution in [0.15, 0.2) is 29.2 Å². The second-order valence-electron chi connectivity index (χ2n) is 4.64. The molecule has 0 aliphatic heterocycles. The zero-order valence-corrected chi connectivity index (χ0v) is 13.7. The smallest absolute Gasteiger partial charge is 0.251 e. The molecule has 0 bridgehead atoms. The summed E-state index contributed by atoms with van der Waals surface area (Å²) in [5, 5.41) is 3.20. The van der Waals surface area contributed by atoms with Crippen molar-refractivity contribution in [2.45, 2.75) is 18.7 Å². The molecular weight excluding hydrogens is 323 g/mol. The van der Waals surface area contributed by atoms with E-state index in [4.69, 9.17) is 5.73 Å². The normalized spacial score (nSPS) is 10.5. The van der Waals surface area contributed by atoms with Gasteiger partial charge in [-0.25, -0.2) is 4.39 Å². The van der Waals surface area contributed by atoms with Crippen molar-refractivity contribution in [1.82, 2.24) is 0 Å². The lowest BCUT2D eigenvalue weighted by Crippen LogP contribution is -2.18. The van der Waals surface area contributed by atoms with Gasteiger partial charge in [0.15, 0.2) is 0 Å². The molecule has 0 unspecified atom stereocenters. The standard InChI is InChI=1S/C15H15FN2O2S2/c1-8-9(2)22-15(13(8)14(17)20)18-12(19)7-21-11-5-3-10(16)4-6-11/h3-6H,7H2,1-2H3,(H2,17,20)(H,18,19). The Morgan fingerprint density at radius 2 is 1.91 bits per heavy atom. The molecule has 1 aromatic heterocycles. The van der Waals surface area contributed by atoms with Gasteiger partial charge in [-0.3, -0.25) is 9.59 Å². The van der Waals surface area contributed by atoms with Crippen molar-refractivity contribution < 1.29 is 14.0 Å². The fourth-order valence-corrected chi connectivity index (χ4v) is 3.63. The number of hydrogen-bond acceptors (Lipinski definition) is 4. The highest BCUT2D eigenvalue weighted by Gasteiger charge is 2.18. The van der Waals surface area contributed by atoms with Gasteiger partial charge in [-0.05, 0) is 43.7 Å². The first-order valence-corrected chi connectivity index (χ1v) is 8.26. The number of amides is 2. The summed E-state index contributed by atoms with van der Waals surface area (Å²) in [6.07, 6.45) is 0. The second-order valence-corrected chi connectivity index (χ2v) is 6.92. The van der Waals surface area contributed by atoms with Crippen LogP contribution >= 0.6 is 23.1 Å². The van der Waals surface area contributed by atoms with Gasteiger partial charge >= 0.3 is 0 Å². The molecule has 2 amide bonds. The van der Waals surface area contributed by atoms with Crippen molar-refractivity contribution in [3.05, 3.63) is 46.1 Å². The van der Waals surface area contributed by atoms with Crippen LogP contribution in [0.25, 0.3) is 0 Å². The summed E-state index contributed by atoms with van der Waals surface area (Å²) >= 11 is 2.62. The number of anilines is 1. The Balaban J connectivity index is 2.02. The van der Waals surface area contributed by atoms with Gasteiger partial charge in [0.2, 0.25) is 5.91 Å². The summed E-state index contributed by atoms with van der Waals surface area (Å²) < 4.78 is 12.8. The van der Waals surface area contributed by atoms with Crippen LogP contribution in [0.3, 0.4) is 0 Å². The zero-order chi connectivity index (χ0) is 16.3. The summed E-state index contributed by atoms with van der Waals surface area (Å²) in [6.45, 7) is 3.67. The Morgan fingerprint density at radius 1 is 1.27 bits per heavy atom. The van der Waals surface area contributed by atoms with Crippen molar-refractivity contribution >= 4 is 39.9 Å². The summed E-state index contributed by atoms with van der Waals surface area (Å²) in [5.74, 6) is -0.939. The maximum atomic E-state index is 12.8. The van der Waals surface area contributed by atoms with E-state index in [0.29, 0.717) is 10.6 Å². The lowest BCUT2D eigenvalue weighted by atomic mass is 10.1. The van der Waals surface area contributed by atoms with Gasteiger partial charge in [0.1, 0.15) is 10.8 Å². The van der Waals surface area contributed by atoms with E-state index in [9.17, 15) is 14.0 Å². The number of thioether (sulfide) groups is 1. The van der Waals surface area contributed by atoms with Crippen LogP contribution < -0.4 is 11.1 Å². The number of hydrogen-bond donors (Lipinski definition) is 2. The van der Waals surface area contributed by atoms with Gasteiger partial charge in [-0.15, -0.1) is 23.1 Å². The quantitative estimate of drug-likeness (QED) is 0.821. The SMILES string of the molecule is Cc1sc(NC(=O)CSc2ccc(F)cc2)c(C(N)=O)c1C. The number of thiophene rings is 1. The van der Waals surface area contributed by atoms with E-state index < -0.39 is 5.91 Å². The predicted octanol–water partition coefficient (Wildman–Crippen LogP) is 3.33. The third-order valence-corrected chi connectivity index (χ3v) is 5.20. The first-order chi connectivity index (χ1) is 10.4. The number of nitrogens with two attached hydrogens (primary N) is 1. The summed E-state index contributed by atoms with van der Waals surface area (Å²) in [5.41, 5.74) is 6.51. The Labute approximate surface area is 135 Å². The van der Waals surface area contributed by atoms with Gasteiger partial charge in [-0.1, -0.05) is 0 Å². The molecule has 2 aromatic rings. The minimum absolute atomic E-state index is 0.166. The molecule has 0 spiro atoms. The van der Waals surface area contributed by atoms with Crippen LogP contribution in [0.1, 0.15) is 20.8 Å². The molecular formula is C15H15FN2O2S2. The molecule has 0 aliphatic rings. The van der Waals surface area contributed by atoms with Crippen molar-refractivity contribution in [2.24, 2.45) is 5.73 Å². The summed E-state index contributed by atoms with van der Waals surface area (Å²) in [4.78, 5) is 25.2. The Hall–Kier alpha value is -1.86. The summed E-state index contributed by atoms with van der Waals surface area (Å²) in [6, 6.07) is 5.91. The predicted molar refractivity (Wildman–Crippen MR) is 88.1 cm³/mol. The van der Waals surface area contributed by atoms with Crippen LogP contribution in [0, 0.1) is 19.7 Å². The maximum Gasteiger partial charge on any atom is 0.251 e. The van der Waals surface area contributed by atoms with Crippen molar-refractivity contribution in [3.63, 3.8) is 0 Å². The highest BCUT2D eigenvalue weighted by atomic mass is 32.2. The highest BCUT2D eigenvalue weighted by molar-refractivity contribution is 8.00. The minimum Gasteiger partial charge on any atom is -0.365 e. The van der Waals surface area contributed by atoms with Crippen LogP contribution in [-0.4, -0.2) is 17.6 Å². The molecule has 22 heavy (non-hydrogen) atoms. The molecule has 7 heteroatoms. The van der Waals surface area contributed by atoms with Crippen LogP contribution in [0.5, 0.6) is 0 Å². The average Bonchev–Trinajstić information content (AvgIpc) is 2.73. The van der Waals surface area contributed by atoms with E-state index >= 15 is 0 Å². The van der Waals surface area contributed by atoms with E-state index in [-0.39, 0.29) is 17.5 Å². The third-order valence-electron chi connectivity index (χ3n) is 3.07. The fourth-order valence-electron chi connectivity index (χ4n) is 1.85. The largest absolute Gasteiger partial charge is 0.365 e. The number of benzene rings is 1.